The number of rotatable bonds is 4. The van der Waals surface area contributed by atoms with E-state index in [1.165, 1.54) is 47.7 Å². The lowest BCUT2D eigenvalue weighted by molar-refractivity contribution is 0.174. The summed E-state index contributed by atoms with van der Waals surface area (Å²) in [7, 11) is 0. The second-order valence-corrected chi connectivity index (χ2v) is 11.1. The van der Waals surface area contributed by atoms with E-state index in [0.29, 0.717) is 28.1 Å². The van der Waals surface area contributed by atoms with E-state index in [2.05, 4.69) is 39.8 Å². The lowest BCUT2D eigenvalue weighted by Crippen LogP contribution is -2.26. The molecule has 0 radical (unpaired) electrons. The van der Waals surface area contributed by atoms with E-state index in [0.717, 1.165) is 45.5 Å². The van der Waals surface area contributed by atoms with Gasteiger partial charge in [0, 0.05) is 36.7 Å². The maximum atomic E-state index is 13.0. The van der Waals surface area contributed by atoms with E-state index >= 15 is 0 Å². The van der Waals surface area contributed by atoms with Crippen molar-refractivity contribution in [3.8, 4) is 17.2 Å². The summed E-state index contributed by atoms with van der Waals surface area (Å²) in [5, 5.41) is 4.32. The van der Waals surface area contributed by atoms with E-state index in [-0.39, 0.29) is 17.9 Å². The standard InChI is InChI=1S/C17H20N4OS.C11H8N2O3S/c1-2-18-12-8-9-19-16-13(12)14-15(23-16)17(22)21(10-20-14)11-6-4-3-5-7-11;14-11-10(17)4-12-5-13(11)7-1-2-8-9(3-7)16-6-15-8/h8-11H,2-7H2,1H3,(H,18,19);1-5,17H,6H2. The van der Waals surface area contributed by atoms with Crippen molar-refractivity contribution in [3.05, 3.63) is 70.0 Å². The Morgan fingerprint density at radius 3 is 2.70 bits per heavy atom. The molecule has 12 heteroatoms. The van der Waals surface area contributed by atoms with E-state index < -0.39 is 0 Å². The second-order valence-electron chi connectivity index (χ2n) is 9.59. The topological polar surface area (TPSA) is 113 Å². The summed E-state index contributed by atoms with van der Waals surface area (Å²) >= 11 is 5.51. The first-order valence-corrected chi connectivity index (χ1v) is 14.5. The van der Waals surface area contributed by atoms with Gasteiger partial charge in [-0.3, -0.25) is 18.7 Å². The van der Waals surface area contributed by atoms with Gasteiger partial charge in [0.05, 0.1) is 27.8 Å². The summed E-state index contributed by atoms with van der Waals surface area (Å²) in [6.07, 6.45) is 12.2. The Morgan fingerprint density at radius 1 is 1.05 bits per heavy atom. The molecule has 1 N–H and O–H groups in total. The van der Waals surface area contributed by atoms with E-state index in [1.54, 1.807) is 30.7 Å². The zero-order valence-electron chi connectivity index (χ0n) is 21.9. The summed E-state index contributed by atoms with van der Waals surface area (Å²) in [6, 6.07) is 7.52. The molecule has 4 aromatic heterocycles. The first-order valence-electron chi connectivity index (χ1n) is 13.2. The number of benzene rings is 1. The molecular formula is C28H28N6O4S2. The fraction of sp³-hybridized carbons (Fsp3) is 0.321. The second kappa shape index (κ2) is 11.3. The van der Waals surface area contributed by atoms with Gasteiger partial charge >= 0.3 is 0 Å². The normalized spacial score (nSPS) is 14.8. The molecule has 0 unspecified atom stereocenters. The van der Waals surface area contributed by atoms with Gasteiger partial charge in [-0.15, -0.1) is 24.0 Å². The molecule has 5 heterocycles. The molecule has 40 heavy (non-hydrogen) atoms. The molecule has 7 rings (SSSR count). The maximum Gasteiger partial charge on any atom is 0.271 e. The summed E-state index contributed by atoms with van der Waals surface area (Å²) in [6.45, 7) is 3.10. The van der Waals surface area contributed by atoms with Gasteiger partial charge in [-0.2, -0.15) is 0 Å². The van der Waals surface area contributed by atoms with Crippen molar-refractivity contribution in [1.82, 2.24) is 24.1 Å². The van der Waals surface area contributed by atoms with Gasteiger partial charge in [-0.05, 0) is 38.0 Å². The van der Waals surface area contributed by atoms with Crippen LogP contribution in [0.15, 0.2) is 63.8 Å². The molecule has 1 aromatic carbocycles. The molecule has 206 valence electrons. The van der Waals surface area contributed by atoms with Crippen LogP contribution in [-0.4, -0.2) is 37.4 Å². The number of aromatic nitrogens is 5. The van der Waals surface area contributed by atoms with Gasteiger partial charge < -0.3 is 14.8 Å². The van der Waals surface area contributed by atoms with Gasteiger partial charge in [0.25, 0.3) is 11.1 Å². The minimum Gasteiger partial charge on any atom is -0.454 e. The SMILES string of the molecule is CCNc1ccnc2sc3c(=O)n(C4CCCCC4)cnc3c12.O=c1c(S)cncn1-c1ccc2c(c1)OCO2. The molecule has 0 bridgehead atoms. The fourth-order valence-corrected chi connectivity index (χ4v) is 6.38. The Balaban J connectivity index is 0.000000151. The zero-order valence-corrected chi connectivity index (χ0v) is 23.6. The van der Waals surface area contributed by atoms with Crippen LogP contribution in [0.3, 0.4) is 0 Å². The van der Waals surface area contributed by atoms with Gasteiger partial charge in [-0.25, -0.2) is 15.0 Å². The predicted octanol–water partition coefficient (Wildman–Crippen LogP) is 5.19. The molecule has 0 atom stereocenters. The van der Waals surface area contributed by atoms with Crippen LogP contribution in [0, 0.1) is 0 Å². The number of hydrogen-bond donors (Lipinski definition) is 2. The van der Waals surface area contributed by atoms with Crippen LogP contribution >= 0.6 is 24.0 Å². The smallest absolute Gasteiger partial charge is 0.271 e. The van der Waals surface area contributed by atoms with E-state index in [1.807, 2.05) is 10.6 Å². The Kier molecular flexibility index (Phi) is 7.44. The largest absolute Gasteiger partial charge is 0.454 e. The van der Waals surface area contributed by atoms with Gasteiger partial charge in [-0.1, -0.05) is 19.3 Å². The molecule has 1 saturated carbocycles. The van der Waals surface area contributed by atoms with Crippen LogP contribution < -0.4 is 25.9 Å². The maximum absolute atomic E-state index is 13.0. The van der Waals surface area contributed by atoms with Gasteiger partial charge in [0.15, 0.2) is 11.5 Å². The fourth-order valence-electron chi connectivity index (χ4n) is 5.14. The van der Waals surface area contributed by atoms with Crippen molar-refractivity contribution in [3.63, 3.8) is 0 Å². The van der Waals surface area contributed by atoms with Crippen LogP contribution in [0.5, 0.6) is 11.5 Å². The Morgan fingerprint density at radius 2 is 1.88 bits per heavy atom. The molecule has 1 aliphatic carbocycles. The Bertz CT molecular complexity index is 1810. The lowest BCUT2D eigenvalue weighted by atomic mass is 9.95. The highest BCUT2D eigenvalue weighted by molar-refractivity contribution is 7.80. The lowest BCUT2D eigenvalue weighted by Gasteiger charge is -2.23. The van der Waals surface area contributed by atoms with Crippen molar-refractivity contribution in [2.45, 2.75) is 50.0 Å². The van der Waals surface area contributed by atoms with Crippen LogP contribution in [0.25, 0.3) is 26.1 Å². The number of fused-ring (bicyclic) bond motifs is 4. The van der Waals surface area contributed by atoms with Gasteiger partial charge in [0.1, 0.15) is 15.9 Å². The molecule has 0 spiro atoms. The third kappa shape index (κ3) is 4.92. The third-order valence-corrected chi connectivity index (χ3v) is 8.48. The molecule has 1 aliphatic heterocycles. The summed E-state index contributed by atoms with van der Waals surface area (Å²) in [5.74, 6) is 1.30. The van der Waals surface area contributed by atoms with Gasteiger partial charge in [0.2, 0.25) is 6.79 Å². The predicted molar refractivity (Wildman–Crippen MR) is 159 cm³/mol. The van der Waals surface area contributed by atoms with Crippen LogP contribution in [0.2, 0.25) is 0 Å². The summed E-state index contributed by atoms with van der Waals surface area (Å²) in [5.41, 5.74) is 2.33. The number of nitrogens with zero attached hydrogens (tertiary/aromatic N) is 5. The zero-order chi connectivity index (χ0) is 27.6. The summed E-state index contributed by atoms with van der Waals surface area (Å²) in [4.78, 5) is 39.0. The average molecular weight is 577 g/mol. The molecule has 5 aromatic rings. The number of pyridine rings is 1. The van der Waals surface area contributed by atoms with Crippen molar-refractivity contribution < 1.29 is 9.47 Å². The van der Waals surface area contributed by atoms with Crippen LogP contribution in [0.1, 0.15) is 45.1 Å². The third-order valence-electron chi connectivity index (χ3n) is 7.09. The molecular weight excluding hydrogens is 548 g/mol. The number of hydrogen-bond acceptors (Lipinski definition) is 10. The van der Waals surface area contributed by atoms with Crippen molar-refractivity contribution in [2.75, 3.05) is 18.7 Å². The monoisotopic (exact) mass is 576 g/mol. The minimum atomic E-state index is -0.220. The van der Waals surface area contributed by atoms with E-state index in [9.17, 15) is 9.59 Å². The highest BCUT2D eigenvalue weighted by atomic mass is 32.1. The quantitative estimate of drug-likeness (QED) is 0.281. The van der Waals surface area contributed by atoms with Crippen LogP contribution in [-0.2, 0) is 0 Å². The molecule has 0 saturated heterocycles. The first kappa shape index (κ1) is 26.3. The Hall–Kier alpha value is -3.90. The number of nitrogens with one attached hydrogen (secondary N) is 1. The highest BCUT2D eigenvalue weighted by Gasteiger charge is 2.21. The number of thiol groups is 1. The van der Waals surface area contributed by atoms with Crippen LogP contribution in [0.4, 0.5) is 5.69 Å². The molecule has 0 amide bonds. The van der Waals surface area contributed by atoms with E-state index in [4.69, 9.17) is 9.47 Å². The summed E-state index contributed by atoms with van der Waals surface area (Å²) < 4.78 is 14.4. The van der Waals surface area contributed by atoms with Crippen molar-refractivity contribution >= 4 is 50.1 Å². The van der Waals surface area contributed by atoms with Crippen molar-refractivity contribution in [1.29, 1.82) is 0 Å². The molecule has 10 nitrogen and oxygen atoms in total. The molecule has 2 aliphatic rings. The highest BCUT2D eigenvalue weighted by Crippen LogP contribution is 2.35. The number of anilines is 1. The van der Waals surface area contributed by atoms with Crippen molar-refractivity contribution in [2.24, 2.45) is 0 Å². The Labute approximate surface area is 239 Å². The average Bonchev–Trinajstić information content (AvgIpc) is 3.61. The minimum absolute atomic E-state index is 0.0901. The first-order chi connectivity index (χ1) is 19.5. The number of thiophene rings is 1. The number of ether oxygens (including phenoxy) is 2. The molecule has 1 fully saturated rings.